The molecule has 0 fully saturated rings. The van der Waals surface area contributed by atoms with Crippen molar-refractivity contribution in [2.24, 2.45) is 10.1 Å². The molecule has 2 aromatic rings. The van der Waals surface area contributed by atoms with Crippen LogP contribution in [0.4, 0.5) is 5.69 Å². The Morgan fingerprint density at radius 1 is 1.16 bits per heavy atom. The standard InChI is InChI=1S/C11H11N5O2S/c12-8-1-3-9(4-2-8)19(17,18)16-11(13)10-7-14-5-6-15-10/h1-7H,12H2,(H2,13,16). The molecule has 0 unspecified atom stereocenters. The topological polar surface area (TPSA) is 124 Å². The zero-order valence-electron chi connectivity index (χ0n) is 9.76. The minimum absolute atomic E-state index is 0.00791. The van der Waals surface area contributed by atoms with Gasteiger partial charge in [-0.1, -0.05) is 0 Å². The van der Waals surface area contributed by atoms with Crippen LogP contribution in [0.25, 0.3) is 0 Å². The van der Waals surface area contributed by atoms with Crippen molar-refractivity contribution in [1.82, 2.24) is 9.97 Å². The van der Waals surface area contributed by atoms with Crippen molar-refractivity contribution >= 4 is 21.5 Å². The van der Waals surface area contributed by atoms with Crippen LogP contribution in [0.5, 0.6) is 0 Å². The van der Waals surface area contributed by atoms with Gasteiger partial charge in [0.25, 0.3) is 10.0 Å². The Morgan fingerprint density at radius 3 is 2.42 bits per heavy atom. The Hall–Kier alpha value is -2.48. The Balaban J connectivity index is 2.39. The van der Waals surface area contributed by atoms with Crippen LogP contribution in [0.15, 0.2) is 52.1 Å². The van der Waals surface area contributed by atoms with E-state index >= 15 is 0 Å². The van der Waals surface area contributed by atoms with Gasteiger partial charge >= 0.3 is 0 Å². The summed E-state index contributed by atoms with van der Waals surface area (Å²) in [5, 5.41) is 0. The summed E-state index contributed by atoms with van der Waals surface area (Å²) >= 11 is 0. The third kappa shape index (κ3) is 3.05. The molecule has 7 nitrogen and oxygen atoms in total. The Morgan fingerprint density at radius 2 is 1.84 bits per heavy atom. The Bertz CT molecular complexity index is 696. The lowest BCUT2D eigenvalue weighted by atomic mass is 10.3. The number of benzene rings is 1. The minimum Gasteiger partial charge on any atom is -0.399 e. The van der Waals surface area contributed by atoms with Crippen molar-refractivity contribution in [1.29, 1.82) is 0 Å². The van der Waals surface area contributed by atoms with Crippen LogP contribution in [-0.2, 0) is 10.0 Å². The normalized spacial score (nSPS) is 12.3. The first-order chi connectivity index (χ1) is 8.99. The van der Waals surface area contributed by atoms with Crippen LogP contribution in [0.1, 0.15) is 5.69 Å². The maximum Gasteiger partial charge on any atom is 0.284 e. The third-order valence-electron chi connectivity index (χ3n) is 2.22. The number of hydrogen-bond acceptors (Lipinski definition) is 5. The molecule has 0 aliphatic carbocycles. The van der Waals surface area contributed by atoms with E-state index in [0.717, 1.165) is 0 Å². The van der Waals surface area contributed by atoms with E-state index in [0.29, 0.717) is 5.69 Å². The van der Waals surface area contributed by atoms with E-state index in [9.17, 15) is 8.42 Å². The van der Waals surface area contributed by atoms with Crippen molar-refractivity contribution in [3.8, 4) is 0 Å². The monoisotopic (exact) mass is 277 g/mol. The summed E-state index contributed by atoms with van der Waals surface area (Å²) in [5.41, 5.74) is 11.7. The molecule has 0 bridgehead atoms. The molecule has 0 amide bonds. The van der Waals surface area contributed by atoms with E-state index in [1.54, 1.807) is 0 Å². The molecule has 0 saturated heterocycles. The van der Waals surface area contributed by atoms with Crippen LogP contribution in [0, 0.1) is 0 Å². The average molecular weight is 277 g/mol. The van der Waals surface area contributed by atoms with Crippen LogP contribution in [0.2, 0.25) is 0 Å². The van der Waals surface area contributed by atoms with Gasteiger partial charge in [-0.25, -0.2) is 4.98 Å². The molecule has 1 aromatic carbocycles. The summed E-state index contributed by atoms with van der Waals surface area (Å²) in [5.74, 6) is -0.218. The second-order valence-corrected chi connectivity index (χ2v) is 5.22. The molecule has 0 radical (unpaired) electrons. The molecule has 0 aliphatic rings. The van der Waals surface area contributed by atoms with Crippen LogP contribution < -0.4 is 11.5 Å². The quantitative estimate of drug-likeness (QED) is 0.467. The molecule has 1 aromatic heterocycles. The molecule has 0 aliphatic heterocycles. The van der Waals surface area contributed by atoms with Crippen molar-refractivity contribution in [3.05, 3.63) is 48.5 Å². The number of rotatable bonds is 3. The smallest absolute Gasteiger partial charge is 0.284 e. The van der Waals surface area contributed by atoms with Gasteiger partial charge in [-0.05, 0) is 24.3 Å². The van der Waals surface area contributed by atoms with Gasteiger partial charge in [-0.2, -0.15) is 8.42 Å². The number of anilines is 1. The first-order valence-corrected chi connectivity index (χ1v) is 6.65. The zero-order valence-corrected chi connectivity index (χ0v) is 10.6. The van der Waals surface area contributed by atoms with E-state index < -0.39 is 10.0 Å². The van der Waals surface area contributed by atoms with Gasteiger partial charge in [0.2, 0.25) is 0 Å². The molecule has 0 spiro atoms. The lowest BCUT2D eigenvalue weighted by Crippen LogP contribution is -2.17. The van der Waals surface area contributed by atoms with Crippen molar-refractivity contribution in [2.75, 3.05) is 5.73 Å². The van der Waals surface area contributed by atoms with E-state index in [4.69, 9.17) is 11.5 Å². The van der Waals surface area contributed by atoms with E-state index in [1.165, 1.54) is 42.9 Å². The van der Waals surface area contributed by atoms with Gasteiger partial charge in [0.1, 0.15) is 5.69 Å². The maximum absolute atomic E-state index is 12.0. The highest BCUT2D eigenvalue weighted by Crippen LogP contribution is 2.14. The highest BCUT2D eigenvalue weighted by Gasteiger charge is 2.14. The van der Waals surface area contributed by atoms with Crippen LogP contribution in [-0.4, -0.2) is 24.2 Å². The predicted molar refractivity (Wildman–Crippen MR) is 70.8 cm³/mol. The predicted octanol–water partition coefficient (Wildman–Crippen LogP) is 0.153. The lowest BCUT2D eigenvalue weighted by molar-refractivity contribution is 0.598. The average Bonchev–Trinajstić information content (AvgIpc) is 2.40. The molecule has 1 heterocycles. The second kappa shape index (κ2) is 5.02. The maximum atomic E-state index is 12.0. The molecule has 98 valence electrons. The fourth-order valence-electron chi connectivity index (χ4n) is 1.30. The van der Waals surface area contributed by atoms with Gasteiger partial charge in [0.05, 0.1) is 11.1 Å². The Labute approximate surface area is 110 Å². The Kier molecular flexibility index (Phi) is 3.43. The van der Waals surface area contributed by atoms with Gasteiger partial charge in [-0.15, -0.1) is 4.40 Å². The van der Waals surface area contributed by atoms with E-state index in [-0.39, 0.29) is 16.4 Å². The third-order valence-corrected chi connectivity index (χ3v) is 3.53. The lowest BCUT2D eigenvalue weighted by Gasteiger charge is -2.01. The summed E-state index contributed by atoms with van der Waals surface area (Å²) in [6.07, 6.45) is 4.18. The molecule has 4 N–H and O–H groups in total. The highest BCUT2D eigenvalue weighted by molar-refractivity contribution is 7.90. The van der Waals surface area contributed by atoms with E-state index in [1.807, 2.05) is 0 Å². The fraction of sp³-hybridized carbons (Fsp3) is 0. The van der Waals surface area contributed by atoms with Crippen molar-refractivity contribution < 1.29 is 8.42 Å². The van der Waals surface area contributed by atoms with Gasteiger partial charge < -0.3 is 11.5 Å². The SMILES string of the molecule is NC(=NS(=O)(=O)c1ccc(N)cc1)c1cnccn1. The van der Waals surface area contributed by atoms with Crippen LogP contribution in [0.3, 0.4) is 0 Å². The number of nitrogens with zero attached hydrogens (tertiary/aromatic N) is 3. The van der Waals surface area contributed by atoms with Crippen LogP contribution >= 0.6 is 0 Å². The molecule has 19 heavy (non-hydrogen) atoms. The van der Waals surface area contributed by atoms with Gasteiger partial charge in [0.15, 0.2) is 5.84 Å². The molecule has 2 rings (SSSR count). The highest BCUT2D eigenvalue weighted by atomic mass is 32.2. The summed E-state index contributed by atoms with van der Waals surface area (Å²) in [4.78, 5) is 7.66. The molecule has 8 heteroatoms. The summed E-state index contributed by atoms with van der Waals surface area (Å²) in [6.45, 7) is 0. The molecule has 0 atom stereocenters. The van der Waals surface area contributed by atoms with Gasteiger partial charge in [-0.3, -0.25) is 4.98 Å². The first-order valence-electron chi connectivity index (χ1n) is 5.21. The second-order valence-electron chi connectivity index (χ2n) is 3.61. The summed E-state index contributed by atoms with van der Waals surface area (Å²) < 4.78 is 27.4. The number of amidine groups is 1. The number of sulfonamides is 1. The molecule has 0 saturated carbocycles. The van der Waals surface area contributed by atoms with Crippen molar-refractivity contribution in [3.63, 3.8) is 0 Å². The number of nitrogens with two attached hydrogens (primary N) is 2. The number of hydrogen-bond donors (Lipinski definition) is 2. The molecular weight excluding hydrogens is 266 g/mol. The summed E-state index contributed by atoms with van der Waals surface area (Å²) in [6, 6.07) is 5.66. The largest absolute Gasteiger partial charge is 0.399 e. The first kappa shape index (κ1) is 13.0. The fourth-order valence-corrected chi connectivity index (χ4v) is 2.24. The van der Waals surface area contributed by atoms with E-state index in [2.05, 4.69) is 14.4 Å². The molecular formula is C11H11N5O2S. The number of aromatic nitrogens is 2. The zero-order chi connectivity index (χ0) is 13.9. The van der Waals surface area contributed by atoms with Gasteiger partial charge in [0, 0.05) is 18.1 Å². The number of nitrogen functional groups attached to an aromatic ring is 1. The van der Waals surface area contributed by atoms with Crippen molar-refractivity contribution in [2.45, 2.75) is 4.90 Å². The minimum atomic E-state index is -3.88. The summed E-state index contributed by atoms with van der Waals surface area (Å²) in [7, 11) is -3.88.